The van der Waals surface area contributed by atoms with Crippen molar-refractivity contribution >= 4 is 34.8 Å². The lowest BCUT2D eigenvalue weighted by molar-refractivity contribution is -0.147. The van der Waals surface area contributed by atoms with E-state index in [0.29, 0.717) is 11.4 Å². The van der Waals surface area contributed by atoms with Crippen molar-refractivity contribution < 1.29 is 22.8 Å². The van der Waals surface area contributed by atoms with Crippen LogP contribution in [0.4, 0.5) is 13.2 Å². The number of Topliss-reactive ketones (excluding diaryl/α,β-unsaturated/α-hetero) is 1. The Bertz CT molecular complexity index is 755. The van der Waals surface area contributed by atoms with Crippen LogP contribution in [0.15, 0.2) is 17.3 Å². The number of hydrogen-bond donors (Lipinski definition) is 1. The molecule has 0 unspecified atom stereocenters. The summed E-state index contributed by atoms with van der Waals surface area (Å²) >= 11 is 2.12. The Kier molecular flexibility index (Phi) is 5.65. The first-order valence-corrected chi connectivity index (χ1v) is 8.44. The van der Waals surface area contributed by atoms with Crippen LogP contribution in [0.1, 0.15) is 27.3 Å². The summed E-state index contributed by atoms with van der Waals surface area (Å²) in [7, 11) is 1.20. The van der Waals surface area contributed by atoms with Gasteiger partial charge < -0.3 is 9.88 Å². The number of nitrogens with one attached hydrogen (secondary N) is 1. The second-order valence-electron chi connectivity index (χ2n) is 4.75. The maximum absolute atomic E-state index is 12.6. The molecule has 0 saturated carbocycles. The molecule has 0 aromatic carbocycles. The van der Waals surface area contributed by atoms with E-state index in [4.69, 9.17) is 0 Å². The van der Waals surface area contributed by atoms with Gasteiger partial charge in [-0.1, -0.05) is 11.8 Å². The topological polar surface area (TPSA) is 76.9 Å². The van der Waals surface area contributed by atoms with Crippen LogP contribution >= 0.6 is 23.1 Å². The monoisotopic (exact) mass is 378 g/mol. The molecule has 2 aromatic heterocycles. The Morgan fingerprint density at radius 1 is 1.33 bits per heavy atom. The summed E-state index contributed by atoms with van der Waals surface area (Å²) in [4.78, 5) is 24.2. The van der Waals surface area contributed by atoms with Gasteiger partial charge in [0.05, 0.1) is 17.2 Å². The molecule has 0 spiro atoms. The van der Waals surface area contributed by atoms with Gasteiger partial charge in [-0.3, -0.25) is 9.59 Å². The van der Waals surface area contributed by atoms with Gasteiger partial charge in [-0.2, -0.15) is 13.2 Å². The van der Waals surface area contributed by atoms with E-state index in [1.165, 1.54) is 25.3 Å². The number of halogens is 3. The van der Waals surface area contributed by atoms with Crippen LogP contribution in [-0.2, 0) is 24.6 Å². The van der Waals surface area contributed by atoms with Crippen LogP contribution in [0.25, 0.3) is 0 Å². The van der Waals surface area contributed by atoms with E-state index in [-0.39, 0.29) is 22.6 Å². The van der Waals surface area contributed by atoms with E-state index in [0.717, 1.165) is 21.2 Å². The van der Waals surface area contributed by atoms with Gasteiger partial charge in [0, 0.05) is 18.8 Å². The summed E-state index contributed by atoms with van der Waals surface area (Å²) in [6, 6.07) is 3.35. The molecule has 0 atom stereocenters. The molecule has 0 saturated heterocycles. The van der Waals surface area contributed by atoms with Crippen LogP contribution in [-0.4, -0.2) is 32.2 Å². The molecule has 0 radical (unpaired) electrons. The minimum atomic E-state index is -4.59. The Morgan fingerprint density at radius 2 is 2.04 bits per heavy atom. The van der Waals surface area contributed by atoms with Gasteiger partial charge in [0.2, 0.25) is 11.7 Å². The zero-order valence-electron chi connectivity index (χ0n) is 12.7. The fourth-order valence-electron chi connectivity index (χ4n) is 1.72. The van der Waals surface area contributed by atoms with Gasteiger partial charge in [0.25, 0.3) is 0 Å². The molecule has 24 heavy (non-hydrogen) atoms. The number of nitrogens with zero attached hydrogens (tertiary/aromatic N) is 3. The molecule has 130 valence electrons. The first-order chi connectivity index (χ1) is 11.2. The van der Waals surface area contributed by atoms with E-state index in [1.807, 2.05) is 0 Å². The van der Waals surface area contributed by atoms with Crippen LogP contribution < -0.4 is 5.32 Å². The highest BCUT2D eigenvalue weighted by atomic mass is 32.2. The molecule has 0 aliphatic heterocycles. The molecule has 1 amide bonds. The maximum Gasteiger partial charge on any atom is 0.451 e. The van der Waals surface area contributed by atoms with Gasteiger partial charge in [-0.05, 0) is 12.1 Å². The Balaban J connectivity index is 1.96. The summed E-state index contributed by atoms with van der Waals surface area (Å²) in [5.74, 6) is -1.56. The SMILES string of the molecule is CC(=O)NCc1ccc(C(=O)CSc2nnc(C(F)(F)F)n2C)s1. The third-order valence-electron chi connectivity index (χ3n) is 2.87. The molecule has 2 heterocycles. The van der Waals surface area contributed by atoms with Crippen molar-refractivity contribution in [2.45, 2.75) is 24.8 Å². The van der Waals surface area contributed by atoms with Crippen LogP contribution in [0.5, 0.6) is 0 Å². The number of carbonyl (C=O) groups excluding carboxylic acids is 2. The number of alkyl halides is 3. The fourth-order valence-corrected chi connectivity index (χ4v) is 3.49. The van der Waals surface area contributed by atoms with E-state index in [9.17, 15) is 22.8 Å². The molecule has 2 rings (SSSR count). The Hall–Kier alpha value is -1.88. The molecule has 1 N–H and O–H groups in total. The molecular formula is C13H13F3N4O2S2. The normalized spacial score (nSPS) is 11.5. The summed E-state index contributed by atoms with van der Waals surface area (Å²) in [6.07, 6.45) is -4.59. The average Bonchev–Trinajstić information content (AvgIpc) is 3.09. The van der Waals surface area contributed by atoms with Crippen molar-refractivity contribution in [1.29, 1.82) is 0 Å². The molecule has 0 aliphatic rings. The van der Waals surface area contributed by atoms with Crippen molar-refractivity contribution in [3.05, 3.63) is 27.7 Å². The zero-order valence-corrected chi connectivity index (χ0v) is 14.3. The van der Waals surface area contributed by atoms with Crippen molar-refractivity contribution in [1.82, 2.24) is 20.1 Å². The maximum atomic E-state index is 12.6. The molecule has 2 aromatic rings. The number of rotatable bonds is 6. The van der Waals surface area contributed by atoms with Crippen molar-refractivity contribution in [3.8, 4) is 0 Å². The van der Waals surface area contributed by atoms with Crippen LogP contribution in [0.3, 0.4) is 0 Å². The lowest BCUT2D eigenvalue weighted by Crippen LogP contribution is -2.18. The number of amides is 1. The van der Waals surface area contributed by atoms with Crippen molar-refractivity contribution in [2.24, 2.45) is 7.05 Å². The number of carbonyl (C=O) groups is 2. The highest BCUT2D eigenvalue weighted by molar-refractivity contribution is 7.99. The molecular weight excluding hydrogens is 365 g/mol. The third-order valence-corrected chi connectivity index (χ3v) is 5.02. The highest BCUT2D eigenvalue weighted by Crippen LogP contribution is 2.30. The molecule has 0 aliphatic carbocycles. The summed E-state index contributed by atoms with van der Waals surface area (Å²) < 4.78 is 38.7. The van der Waals surface area contributed by atoms with Crippen molar-refractivity contribution in [2.75, 3.05) is 5.75 Å². The first-order valence-electron chi connectivity index (χ1n) is 6.64. The first kappa shape index (κ1) is 18.5. The average molecular weight is 378 g/mol. The number of ketones is 1. The van der Waals surface area contributed by atoms with Gasteiger partial charge in [0.1, 0.15) is 0 Å². The van der Waals surface area contributed by atoms with Gasteiger partial charge in [0.15, 0.2) is 10.9 Å². The molecule has 0 fully saturated rings. The predicted octanol–water partition coefficient (Wildman–Crippen LogP) is 2.51. The minimum Gasteiger partial charge on any atom is -0.351 e. The zero-order chi connectivity index (χ0) is 17.9. The standard InChI is InChI=1S/C13H13F3N4O2S2/c1-7(21)17-5-8-3-4-10(24-8)9(22)6-23-12-19-18-11(20(12)2)13(14,15)16/h3-4H,5-6H2,1-2H3,(H,17,21). The minimum absolute atomic E-state index is 0.0192. The van der Waals surface area contributed by atoms with E-state index < -0.39 is 12.0 Å². The molecule has 6 nitrogen and oxygen atoms in total. The smallest absolute Gasteiger partial charge is 0.351 e. The summed E-state index contributed by atoms with van der Waals surface area (Å²) in [6.45, 7) is 1.73. The van der Waals surface area contributed by atoms with Gasteiger partial charge >= 0.3 is 6.18 Å². The quantitative estimate of drug-likeness (QED) is 0.617. The number of thiophene rings is 1. The third kappa shape index (κ3) is 4.57. The number of thioether (sulfide) groups is 1. The number of aromatic nitrogens is 3. The van der Waals surface area contributed by atoms with Gasteiger partial charge in [-0.25, -0.2) is 0 Å². The second-order valence-corrected chi connectivity index (χ2v) is 6.86. The predicted molar refractivity (Wildman–Crippen MR) is 82.9 cm³/mol. The summed E-state index contributed by atoms with van der Waals surface area (Å²) in [5.41, 5.74) is 0. The van der Waals surface area contributed by atoms with Crippen LogP contribution in [0, 0.1) is 0 Å². The molecule has 11 heteroatoms. The van der Waals surface area contributed by atoms with E-state index >= 15 is 0 Å². The largest absolute Gasteiger partial charge is 0.451 e. The fraction of sp³-hybridized carbons (Fsp3) is 0.385. The van der Waals surface area contributed by atoms with Crippen LogP contribution in [0.2, 0.25) is 0 Å². The highest BCUT2D eigenvalue weighted by Gasteiger charge is 2.37. The lowest BCUT2D eigenvalue weighted by atomic mass is 10.3. The molecule has 0 bridgehead atoms. The second kappa shape index (κ2) is 7.34. The Labute approximate surface area is 143 Å². The number of hydrogen-bond acceptors (Lipinski definition) is 6. The van der Waals surface area contributed by atoms with Gasteiger partial charge in [-0.15, -0.1) is 21.5 Å². The van der Waals surface area contributed by atoms with E-state index in [2.05, 4.69) is 15.5 Å². The Morgan fingerprint density at radius 3 is 2.62 bits per heavy atom. The lowest BCUT2D eigenvalue weighted by Gasteiger charge is -2.05. The van der Waals surface area contributed by atoms with E-state index in [1.54, 1.807) is 12.1 Å². The van der Waals surface area contributed by atoms with Crippen molar-refractivity contribution in [3.63, 3.8) is 0 Å². The summed E-state index contributed by atoms with van der Waals surface area (Å²) in [5, 5.41) is 9.20.